The molecule has 6 heteroatoms. The molecule has 0 heterocycles. The normalized spacial score (nSPS) is 19.7. The van der Waals surface area contributed by atoms with Crippen LogP contribution >= 0.6 is 11.6 Å². The van der Waals surface area contributed by atoms with Crippen molar-refractivity contribution < 1.29 is 19.1 Å². The Labute approximate surface area is 160 Å². The largest absolute Gasteiger partial charge is 0.494 e. The summed E-state index contributed by atoms with van der Waals surface area (Å²) in [5, 5.41) is 3.67. The molecule has 0 bridgehead atoms. The van der Waals surface area contributed by atoms with Crippen molar-refractivity contribution in [2.75, 3.05) is 13.2 Å². The van der Waals surface area contributed by atoms with Gasteiger partial charge in [0.15, 0.2) is 6.61 Å². The van der Waals surface area contributed by atoms with Crippen LogP contribution in [0.3, 0.4) is 0 Å². The van der Waals surface area contributed by atoms with Crippen molar-refractivity contribution in [1.82, 2.24) is 5.32 Å². The lowest BCUT2D eigenvalue weighted by Crippen LogP contribution is -2.42. The second kappa shape index (κ2) is 10.4. The van der Waals surface area contributed by atoms with Crippen molar-refractivity contribution in [2.24, 2.45) is 5.92 Å². The number of aryl methyl sites for hydroxylation is 1. The van der Waals surface area contributed by atoms with Gasteiger partial charge >= 0.3 is 5.97 Å². The molecule has 2 atom stereocenters. The van der Waals surface area contributed by atoms with E-state index in [-0.39, 0.29) is 30.9 Å². The quantitative estimate of drug-likeness (QED) is 0.545. The molecule has 0 unspecified atom stereocenters. The second-order valence-corrected chi connectivity index (χ2v) is 7.37. The number of hydrogen-bond donors (Lipinski definition) is 1. The molecule has 1 aliphatic carbocycles. The number of hydrogen-bond acceptors (Lipinski definition) is 4. The van der Waals surface area contributed by atoms with E-state index >= 15 is 0 Å². The van der Waals surface area contributed by atoms with Crippen LogP contribution in [0.4, 0.5) is 0 Å². The molecule has 1 aliphatic rings. The Bertz CT molecular complexity index is 620. The van der Waals surface area contributed by atoms with E-state index in [1.54, 1.807) is 12.1 Å². The van der Waals surface area contributed by atoms with Gasteiger partial charge in [0.1, 0.15) is 5.75 Å². The highest BCUT2D eigenvalue weighted by atomic mass is 35.5. The summed E-state index contributed by atoms with van der Waals surface area (Å²) in [6, 6.07) is 5.64. The number of rotatable bonds is 8. The maximum Gasteiger partial charge on any atom is 0.306 e. The van der Waals surface area contributed by atoms with E-state index in [9.17, 15) is 9.59 Å². The van der Waals surface area contributed by atoms with Crippen molar-refractivity contribution in [3.63, 3.8) is 0 Å². The fourth-order valence-electron chi connectivity index (χ4n) is 3.11. The molecule has 1 amide bonds. The third-order valence-corrected chi connectivity index (χ3v) is 5.17. The van der Waals surface area contributed by atoms with Gasteiger partial charge in [-0.1, -0.05) is 31.4 Å². The van der Waals surface area contributed by atoms with Crippen LogP contribution in [0.5, 0.6) is 5.75 Å². The first-order chi connectivity index (χ1) is 12.5. The Morgan fingerprint density at radius 2 is 2.04 bits per heavy atom. The highest BCUT2D eigenvalue weighted by Gasteiger charge is 2.23. The highest BCUT2D eigenvalue weighted by molar-refractivity contribution is 6.31. The monoisotopic (exact) mass is 381 g/mol. The summed E-state index contributed by atoms with van der Waals surface area (Å²) < 4.78 is 10.6. The Morgan fingerprint density at radius 1 is 1.27 bits per heavy atom. The summed E-state index contributed by atoms with van der Waals surface area (Å²) in [6.45, 7) is 4.26. The predicted octanol–water partition coefficient (Wildman–Crippen LogP) is 4.05. The van der Waals surface area contributed by atoms with Crippen LogP contribution in [0.2, 0.25) is 5.02 Å². The third-order valence-electron chi connectivity index (χ3n) is 4.75. The summed E-state index contributed by atoms with van der Waals surface area (Å²) in [5.74, 6) is 0.607. The van der Waals surface area contributed by atoms with Gasteiger partial charge in [-0.05, 0) is 55.9 Å². The van der Waals surface area contributed by atoms with Crippen LogP contribution in [-0.2, 0) is 14.3 Å². The van der Waals surface area contributed by atoms with Gasteiger partial charge in [-0.2, -0.15) is 0 Å². The van der Waals surface area contributed by atoms with E-state index in [1.807, 2.05) is 13.0 Å². The minimum atomic E-state index is -0.382. The standard InChI is InChI=1S/C20H28ClNO4/c1-14-6-3-4-7-18(14)22-19(23)13-26-20(24)8-5-11-25-16-9-10-17(21)15(2)12-16/h9-10,12,14,18H,3-8,11,13H2,1-2H3,(H,22,23)/t14-,18-/m1/s1. The summed E-state index contributed by atoms with van der Waals surface area (Å²) in [5.41, 5.74) is 0.946. The first kappa shape index (κ1) is 20.6. The van der Waals surface area contributed by atoms with Gasteiger partial charge in [-0.3, -0.25) is 9.59 Å². The lowest BCUT2D eigenvalue weighted by atomic mass is 9.86. The number of esters is 1. The number of carbonyl (C=O) groups excluding carboxylic acids is 2. The van der Waals surface area contributed by atoms with Gasteiger partial charge in [0.25, 0.3) is 5.91 Å². The molecular formula is C20H28ClNO4. The molecule has 26 heavy (non-hydrogen) atoms. The Morgan fingerprint density at radius 3 is 2.77 bits per heavy atom. The van der Waals surface area contributed by atoms with Crippen LogP contribution in [0, 0.1) is 12.8 Å². The third kappa shape index (κ3) is 6.87. The number of halogens is 1. The molecule has 1 N–H and O–H groups in total. The first-order valence-corrected chi connectivity index (χ1v) is 9.67. The lowest BCUT2D eigenvalue weighted by molar-refractivity contribution is -0.149. The highest BCUT2D eigenvalue weighted by Crippen LogP contribution is 2.23. The van der Waals surface area contributed by atoms with Gasteiger partial charge in [0.05, 0.1) is 6.61 Å². The molecule has 1 aromatic rings. The summed E-state index contributed by atoms with van der Waals surface area (Å²) in [7, 11) is 0. The zero-order chi connectivity index (χ0) is 18.9. The van der Waals surface area contributed by atoms with Gasteiger partial charge in [-0.25, -0.2) is 0 Å². The second-order valence-electron chi connectivity index (χ2n) is 6.96. The number of benzene rings is 1. The zero-order valence-electron chi connectivity index (χ0n) is 15.6. The number of ether oxygens (including phenoxy) is 2. The van der Waals surface area contributed by atoms with Crippen molar-refractivity contribution in [2.45, 2.75) is 58.4 Å². The molecule has 0 saturated heterocycles. The van der Waals surface area contributed by atoms with Gasteiger partial charge in [0, 0.05) is 17.5 Å². The minimum absolute atomic E-state index is 0.200. The first-order valence-electron chi connectivity index (χ1n) is 9.29. The van der Waals surface area contributed by atoms with Gasteiger partial charge in [0.2, 0.25) is 0 Å². The molecular weight excluding hydrogens is 354 g/mol. The Kier molecular flexibility index (Phi) is 8.23. The van der Waals surface area contributed by atoms with Crippen molar-refractivity contribution in [1.29, 1.82) is 0 Å². The van der Waals surface area contributed by atoms with E-state index in [0.29, 0.717) is 24.0 Å². The van der Waals surface area contributed by atoms with E-state index in [1.165, 1.54) is 6.42 Å². The van der Waals surface area contributed by atoms with Gasteiger partial charge in [-0.15, -0.1) is 0 Å². The maximum atomic E-state index is 11.9. The molecule has 0 aromatic heterocycles. The molecule has 0 radical (unpaired) electrons. The summed E-state index contributed by atoms with van der Waals surface area (Å²) in [6.07, 6.45) is 5.25. The molecule has 5 nitrogen and oxygen atoms in total. The van der Waals surface area contributed by atoms with Crippen molar-refractivity contribution in [3.05, 3.63) is 28.8 Å². The average Bonchev–Trinajstić information content (AvgIpc) is 2.62. The van der Waals surface area contributed by atoms with Crippen molar-refractivity contribution in [3.8, 4) is 5.75 Å². The average molecular weight is 382 g/mol. The van der Waals surface area contributed by atoms with E-state index in [4.69, 9.17) is 21.1 Å². The van der Waals surface area contributed by atoms with E-state index in [0.717, 1.165) is 30.6 Å². The molecule has 2 rings (SSSR count). The molecule has 1 fully saturated rings. The van der Waals surface area contributed by atoms with Crippen LogP contribution in [0.25, 0.3) is 0 Å². The molecule has 0 aliphatic heterocycles. The molecule has 1 aromatic carbocycles. The van der Waals surface area contributed by atoms with Gasteiger partial charge < -0.3 is 14.8 Å². The fraction of sp³-hybridized carbons (Fsp3) is 0.600. The van der Waals surface area contributed by atoms with E-state index < -0.39 is 0 Å². The van der Waals surface area contributed by atoms with Crippen LogP contribution < -0.4 is 10.1 Å². The lowest BCUT2D eigenvalue weighted by Gasteiger charge is -2.29. The Hall–Kier alpha value is -1.75. The zero-order valence-corrected chi connectivity index (χ0v) is 16.3. The number of carbonyl (C=O) groups is 2. The predicted molar refractivity (Wildman–Crippen MR) is 101 cm³/mol. The molecule has 144 valence electrons. The number of amides is 1. The summed E-state index contributed by atoms with van der Waals surface area (Å²) >= 11 is 5.96. The fourth-order valence-corrected chi connectivity index (χ4v) is 3.23. The molecule has 0 spiro atoms. The van der Waals surface area contributed by atoms with Crippen LogP contribution in [0.1, 0.15) is 51.0 Å². The Balaban J connectivity index is 1.58. The van der Waals surface area contributed by atoms with E-state index in [2.05, 4.69) is 12.2 Å². The smallest absolute Gasteiger partial charge is 0.306 e. The molecule has 1 saturated carbocycles. The minimum Gasteiger partial charge on any atom is -0.494 e. The number of nitrogens with one attached hydrogen (secondary N) is 1. The summed E-state index contributed by atoms with van der Waals surface area (Å²) in [4.78, 5) is 23.7. The maximum absolute atomic E-state index is 11.9. The van der Waals surface area contributed by atoms with Crippen LogP contribution in [0.15, 0.2) is 18.2 Å². The topological polar surface area (TPSA) is 64.6 Å². The van der Waals surface area contributed by atoms with Crippen LogP contribution in [-0.4, -0.2) is 31.1 Å². The SMILES string of the molecule is Cc1cc(OCCCC(=O)OCC(=O)N[C@@H]2CCCC[C@H]2C)ccc1Cl. The van der Waals surface area contributed by atoms with Crippen molar-refractivity contribution >= 4 is 23.5 Å².